The largest absolute Gasteiger partial charge is 0.327 e. The number of rotatable bonds is 6. The maximum absolute atomic E-state index is 12.9. The Bertz CT molecular complexity index is 635. The van der Waals surface area contributed by atoms with E-state index in [-0.39, 0.29) is 12.1 Å². The zero-order chi connectivity index (χ0) is 18.2. The number of urea groups is 1. The molecule has 2 aromatic rings. The second-order valence-electron chi connectivity index (χ2n) is 6.40. The van der Waals surface area contributed by atoms with Crippen LogP contribution in [-0.4, -0.2) is 65.5 Å². The Morgan fingerprint density at radius 3 is 2.38 bits per heavy atom. The van der Waals surface area contributed by atoms with E-state index in [0.29, 0.717) is 0 Å². The highest BCUT2D eigenvalue weighted by molar-refractivity contribution is 7.98. The summed E-state index contributed by atoms with van der Waals surface area (Å²) in [6.07, 6.45) is 5.66. The van der Waals surface area contributed by atoms with Crippen LogP contribution in [0.4, 0.5) is 4.79 Å². The van der Waals surface area contributed by atoms with Gasteiger partial charge in [-0.1, -0.05) is 30.3 Å². The molecular weight excluding hydrogens is 344 g/mol. The van der Waals surface area contributed by atoms with Gasteiger partial charge in [0.25, 0.3) is 0 Å². The smallest absolute Gasteiger partial charge is 0.318 e. The van der Waals surface area contributed by atoms with Crippen LogP contribution in [0.3, 0.4) is 0 Å². The summed E-state index contributed by atoms with van der Waals surface area (Å²) in [6, 6.07) is 13.8. The third-order valence-electron chi connectivity index (χ3n) is 4.71. The second-order valence-corrected chi connectivity index (χ2v) is 7.38. The highest BCUT2D eigenvalue weighted by Gasteiger charge is 2.24. The number of benzene rings is 1. The summed E-state index contributed by atoms with van der Waals surface area (Å²) in [4.78, 5) is 21.3. The summed E-state index contributed by atoms with van der Waals surface area (Å²) < 4.78 is 0. The molecule has 1 saturated heterocycles. The van der Waals surface area contributed by atoms with Crippen molar-refractivity contribution < 1.29 is 4.79 Å². The molecule has 1 aromatic heterocycles. The maximum atomic E-state index is 12.9. The lowest BCUT2D eigenvalue weighted by Gasteiger charge is -2.35. The molecule has 0 unspecified atom stereocenters. The van der Waals surface area contributed by atoms with Crippen molar-refractivity contribution in [3.8, 4) is 0 Å². The second kappa shape index (κ2) is 9.59. The molecule has 26 heavy (non-hydrogen) atoms. The highest BCUT2D eigenvalue weighted by Crippen LogP contribution is 2.21. The van der Waals surface area contributed by atoms with Crippen LogP contribution in [0.5, 0.6) is 0 Å². The van der Waals surface area contributed by atoms with Crippen LogP contribution in [0.15, 0.2) is 54.9 Å². The van der Waals surface area contributed by atoms with Gasteiger partial charge in [-0.2, -0.15) is 11.8 Å². The first-order chi connectivity index (χ1) is 12.8. The maximum Gasteiger partial charge on any atom is 0.318 e. The number of amides is 2. The Morgan fingerprint density at radius 2 is 1.73 bits per heavy atom. The normalized spacial score (nSPS) is 16.3. The first kappa shape index (κ1) is 18.7. The Kier molecular flexibility index (Phi) is 6.91. The van der Waals surface area contributed by atoms with E-state index < -0.39 is 0 Å². The molecule has 0 saturated carbocycles. The van der Waals surface area contributed by atoms with Crippen LogP contribution in [0, 0.1) is 0 Å². The number of hydrogen-bond donors (Lipinski definition) is 1. The van der Waals surface area contributed by atoms with Crippen LogP contribution in [0.2, 0.25) is 0 Å². The van der Waals surface area contributed by atoms with E-state index in [9.17, 15) is 4.79 Å². The highest BCUT2D eigenvalue weighted by atomic mass is 32.2. The van der Waals surface area contributed by atoms with Gasteiger partial charge < -0.3 is 10.2 Å². The summed E-state index contributed by atoms with van der Waals surface area (Å²) in [5.41, 5.74) is 2.11. The standard InChI is InChI=1S/C20H26N4OS/c1-26-16-15-23-11-13-24(14-12-23)20(25)22-19(17-5-3-2-4-6-17)18-7-9-21-10-8-18/h2-10,19H,11-16H2,1H3,(H,22,25)/t19-/m0/s1. The van der Waals surface area contributed by atoms with Crippen LogP contribution in [0.25, 0.3) is 0 Å². The summed E-state index contributed by atoms with van der Waals surface area (Å²) in [6.45, 7) is 4.54. The zero-order valence-corrected chi connectivity index (χ0v) is 16.0. The molecule has 0 aliphatic carbocycles. The minimum absolute atomic E-state index is 0.000168. The van der Waals surface area contributed by atoms with Crippen molar-refractivity contribution in [2.45, 2.75) is 6.04 Å². The summed E-state index contributed by atoms with van der Waals surface area (Å²) in [7, 11) is 0. The third kappa shape index (κ3) is 4.99. The number of hydrogen-bond acceptors (Lipinski definition) is 4. The SMILES string of the molecule is CSCCN1CCN(C(=O)N[C@@H](c2ccccc2)c2ccncc2)CC1. The summed E-state index contributed by atoms with van der Waals surface area (Å²) in [5, 5.41) is 3.21. The van der Waals surface area contributed by atoms with Gasteiger partial charge in [-0.3, -0.25) is 9.88 Å². The van der Waals surface area contributed by atoms with Crippen LogP contribution in [0.1, 0.15) is 17.2 Å². The molecule has 1 fully saturated rings. The molecule has 138 valence electrons. The molecule has 1 aromatic carbocycles. The van der Waals surface area contributed by atoms with E-state index in [1.54, 1.807) is 12.4 Å². The lowest BCUT2D eigenvalue weighted by Crippen LogP contribution is -2.52. The van der Waals surface area contributed by atoms with E-state index in [0.717, 1.165) is 49.6 Å². The van der Waals surface area contributed by atoms with Crippen molar-refractivity contribution in [1.29, 1.82) is 0 Å². The molecule has 6 heteroatoms. The lowest BCUT2D eigenvalue weighted by molar-refractivity contribution is 0.142. The quantitative estimate of drug-likeness (QED) is 0.849. The summed E-state index contributed by atoms with van der Waals surface area (Å²) in [5.74, 6) is 1.14. The molecule has 1 aliphatic rings. The minimum Gasteiger partial charge on any atom is -0.327 e. The molecule has 1 N–H and O–H groups in total. The van der Waals surface area contributed by atoms with E-state index in [1.807, 2.05) is 59.1 Å². The fraction of sp³-hybridized carbons (Fsp3) is 0.400. The van der Waals surface area contributed by atoms with Gasteiger partial charge in [-0.25, -0.2) is 4.79 Å². The topological polar surface area (TPSA) is 48.5 Å². The number of nitrogens with zero attached hydrogens (tertiary/aromatic N) is 3. The van der Waals surface area contributed by atoms with E-state index in [1.165, 1.54) is 0 Å². The van der Waals surface area contributed by atoms with Gasteiger partial charge in [0, 0.05) is 50.9 Å². The molecule has 2 amide bonds. The number of thioether (sulfide) groups is 1. The third-order valence-corrected chi connectivity index (χ3v) is 5.30. The first-order valence-electron chi connectivity index (χ1n) is 8.99. The molecule has 0 spiro atoms. The molecule has 1 aliphatic heterocycles. The van der Waals surface area contributed by atoms with Crippen LogP contribution in [-0.2, 0) is 0 Å². The van der Waals surface area contributed by atoms with Gasteiger partial charge in [-0.05, 0) is 29.5 Å². The molecular formula is C20H26N4OS. The molecule has 0 bridgehead atoms. The molecule has 5 nitrogen and oxygen atoms in total. The average molecular weight is 371 g/mol. The molecule has 3 rings (SSSR count). The molecule has 0 radical (unpaired) electrons. The van der Waals surface area contributed by atoms with Crippen molar-refractivity contribution in [1.82, 2.24) is 20.1 Å². The van der Waals surface area contributed by atoms with Gasteiger partial charge in [0.2, 0.25) is 0 Å². The predicted octanol–water partition coefficient (Wildman–Crippen LogP) is 2.86. The van der Waals surface area contributed by atoms with E-state index >= 15 is 0 Å². The number of aromatic nitrogens is 1. The van der Waals surface area contributed by atoms with Gasteiger partial charge in [0.05, 0.1) is 6.04 Å². The number of carbonyl (C=O) groups excluding carboxylic acids is 1. The Morgan fingerprint density at radius 1 is 1.08 bits per heavy atom. The van der Waals surface area contributed by atoms with Crippen molar-refractivity contribution in [3.63, 3.8) is 0 Å². The van der Waals surface area contributed by atoms with Crippen molar-refractivity contribution in [2.75, 3.05) is 44.7 Å². The first-order valence-corrected chi connectivity index (χ1v) is 10.4. The summed E-state index contributed by atoms with van der Waals surface area (Å²) >= 11 is 1.87. The fourth-order valence-corrected chi connectivity index (χ4v) is 3.61. The minimum atomic E-state index is -0.166. The van der Waals surface area contributed by atoms with Gasteiger partial charge in [0.15, 0.2) is 0 Å². The van der Waals surface area contributed by atoms with Crippen molar-refractivity contribution in [2.24, 2.45) is 0 Å². The zero-order valence-electron chi connectivity index (χ0n) is 15.2. The number of carbonyl (C=O) groups is 1. The molecule has 2 heterocycles. The number of piperazine rings is 1. The Balaban J connectivity index is 1.65. The van der Waals surface area contributed by atoms with E-state index in [4.69, 9.17) is 0 Å². The number of nitrogens with one attached hydrogen (secondary N) is 1. The Labute approximate surface area is 159 Å². The van der Waals surface area contributed by atoms with Gasteiger partial charge in [0.1, 0.15) is 0 Å². The van der Waals surface area contributed by atoms with E-state index in [2.05, 4.69) is 21.5 Å². The molecule has 1 atom stereocenters. The van der Waals surface area contributed by atoms with Crippen molar-refractivity contribution >= 4 is 17.8 Å². The van der Waals surface area contributed by atoms with Gasteiger partial charge >= 0.3 is 6.03 Å². The van der Waals surface area contributed by atoms with Crippen LogP contribution < -0.4 is 5.32 Å². The monoisotopic (exact) mass is 370 g/mol. The van der Waals surface area contributed by atoms with Crippen LogP contribution >= 0.6 is 11.8 Å². The Hall–Kier alpha value is -2.05. The average Bonchev–Trinajstić information content (AvgIpc) is 2.72. The van der Waals surface area contributed by atoms with Gasteiger partial charge in [-0.15, -0.1) is 0 Å². The number of pyridine rings is 1. The fourth-order valence-electron chi connectivity index (χ4n) is 3.17. The van der Waals surface area contributed by atoms with Crippen molar-refractivity contribution in [3.05, 3.63) is 66.0 Å². The lowest BCUT2D eigenvalue weighted by atomic mass is 10.00. The predicted molar refractivity (Wildman–Crippen MR) is 107 cm³/mol.